The quantitative estimate of drug-likeness (QED) is 0.594. The second kappa shape index (κ2) is 7.21. The maximum Gasteiger partial charge on any atom is 0.0493 e. The van der Waals surface area contributed by atoms with Crippen molar-refractivity contribution in [3.8, 4) is 0 Å². The Hall–Kier alpha value is -0.120. The van der Waals surface area contributed by atoms with Gasteiger partial charge in [0.15, 0.2) is 0 Å². The first kappa shape index (κ1) is 12.0. The molecule has 1 aliphatic rings. The zero-order valence-corrected chi connectivity index (χ0v) is 8.91. The Morgan fingerprint density at radius 1 is 1.07 bits per heavy atom. The molecule has 0 aromatic rings. The van der Waals surface area contributed by atoms with E-state index in [2.05, 4.69) is 5.32 Å². The fourth-order valence-electron chi connectivity index (χ4n) is 2.07. The summed E-state index contributed by atoms with van der Waals surface area (Å²) in [7, 11) is 0. The molecule has 1 rings (SSSR count). The minimum absolute atomic E-state index is 0.0126. The highest BCUT2D eigenvalue weighted by atomic mass is 16.3. The third kappa shape index (κ3) is 4.40. The molecule has 0 aliphatic heterocycles. The van der Waals surface area contributed by atoms with Crippen molar-refractivity contribution in [2.75, 3.05) is 26.3 Å². The Balaban J connectivity index is 2.01. The Kier molecular flexibility index (Phi) is 6.15. The molecule has 0 radical (unpaired) electrons. The summed E-state index contributed by atoms with van der Waals surface area (Å²) in [4.78, 5) is 0. The van der Waals surface area contributed by atoms with Crippen LogP contribution < -0.4 is 5.32 Å². The lowest BCUT2D eigenvalue weighted by Crippen LogP contribution is -2.32. The zero-order chi connectivity index (χ0) is 10.2. The van der Waals surface area contributed by atoms with E-state index in [9.17, 15) is 0 Å². The highest BCUT2D eigenvalue weighted by Gasteiger charge is 2.13. The zero-order valence-electron chi connectivity index (χ0n) is 8.91. The lowest BCUT2D eigenvalue weighted by atomic mass is 9.89. The topological polar surface area (TPSA) is 52.5 Å². The number of hydrogen-bond acceptors (Lipinski definition) is 3. The van der Waals surface area contributed by atoms with E-state index >= 15 is 0 Å². The second-order valence-electron chi connectivity index (χ2n) is 4.39. The maximum absolute atomic E-state index is 8.86. The van der Waals surface area contributed by atoms with Gasteiger partial charge in [-0.05, 0) is 25.3 Å². The highest BCUT2D eigenvalue weighted by Crippen LogP contribution is 2.22. The SMILES string of the molecule is OCC(CO)CNCC1CCCCC1. The summed E-state index contributed by atoms with van der Waals surface area (Å²) < 4.78 is 0. The molecule has 0 unspecified atom stereocenters. The number of rotatable bonds is 6. The molecule has 3 heteroatoms. The van der Waals surface area contributed by atoms with Crippen LogP contribution in [0.4, 0.5) is 0 Å². The molecule has 0 aromatic carbocycles. The van der Waals surface area contributed by atoms with Crippen LogP contribution in [0.15, 0.2) is 0 Å². The van der Waals surface area contributed by atoms with Crippen LogP contribution in [0.2, 0.25) is 0 Å². The molecular weight excluding hydrogens is 178 g/mol. The van der Waals surface area contributed by atoms with Gasteiger partial charge in [-0.1, -0.05) is 19.3 Å². The van der Waals surface area contributed by atoms with Crippen molar-refractivity contribution in [2.24, 2.45) is 11.8 Å². The van der Waals surface area contributed by atoms with E-state index in [1.807, 2.05) is 0 Å². The van der Waals surface area contributed by atoms with Crippen molar-refractivity contribution in [1.29, 1.82) is 0 Å². The lowest BCUT2D eigenvalue weighted by molar-refractivity contribution is 0.146. The highest BCUT2D eigenvalue weighted by molar-refractivity contribution is 4.69. The van der Waals surface area contributed by atoms with Gasteiger partial charge in [0.2, 0.25) is 0 Å². The lowest BCUT2D eigenvalue weighted by Gasteiger charge is -2.22. The van der Waals surface area contributed by atoms with Crippen LogP contribution in [0.25, 0.3) is 0 Å². The minimum atomic E-state index is 0.0126. The van der Waals surface area contributed by atoms with Gasteiger partial charge >= 0.3 is 0 Å². The van der Waals surface area contributed by atoms with Crippen molar-refractivity contribution in [2.45, 2.75) is 32.1 Å². The van der Waals surface area contributed by atoms with Crippen molar-refractivity contribution >= 4 is 0 Å². The van der Waals surface area contributed by atoms with E-state index in [0.717, 1.165) is 19.0 Å². The molecule has 0 aromatic heterocycles. The molecule has 1 fully saturated rings. The van der Waals surface area contributed by atoms with Gasteiger partial charge in [0.05, 0.1) is 0 Å². The van der Waals surface area contributed by atoms with Crippen molar-refractivity contribution in [3.63, 3.8) is 0 Å². The summed E-state index contributed by atoms with van der Waals surface area (Å²) in [5.74, 6) is 0.834. The summed E-state index contributed by atoms with van der Waals surface area (Å²) in [6.07, 6.45) is 6.82. The van der Waals surface area contributed by atoms with E-state index in [1.165, 1.54) is 32.1 Å². The van der Waals surface area contributed by atoms with Crippen LogP contribution in [-0.2, 0) is 0 Å². The van der Waals surface area contributed by atoms with Crippen LogP contribution >= 0.6 is 0 Å². The molecule has 3 N–H and O–H groups in total. The molecule has 1 aliphatic carbocycles. The second-order valence-corrected chi connectivity index (χ2v) is 4.39. The van der Waals surface area contributed by atoms with E-state index in [0.29, 0.717) is 0 Å². The predicted molar refractivity (Wildman–Crippen MR) is 57.1 cm³/mol. The third-order valence-electron chi connectivity index (χ3n) is 3.11. The molecule has 0 saturated heterocycles. The molecule has 0 atom stereocenters. The molecule has 1 saturated carbocycles. The van der Waals surface area contributed by atoms with Gasteiger partial charge < -0.3 is 15.5 Å². The number of nitrogens with one attached hydrogen (secondary N) is 1. The van der Waals surface area contributed by atoms with Gasteiger partial charge in [-0.2, -0.15) is 0 Å². The van der Waals surface area contributed by atoms with E-state index < -0.39 is 0 Å². The van der Waals surface area contributed by atoms with Gasteiger partial charge in [-0.3, -0.25) is 0 Å². The third-order valence-corrected chi connectivity index (χ3v) is 3.11. The van der Waals surface area contributed by atoms with Crippen LogP contribution in [0, 0.1) is 11.8 Å². The molecular formula is C11H23NO2. The van der Waals surface area contributed by atoms with Gasteiger partial charge in [-0.25, -0.2) is 0 Å². The molecule has 0 bridgehead atoms. The first-order valence-electron chi connectivity index (χ1n) is 5.79. The predicted octanol–water partition coefficient (Wildman–Crippen LogP) is 0.757. The summed E-state index contributed by atoms with van der Waals surface area (Å²) in [6, 6.07) is 0. The first-order chi connectivity index (χ1) is 6.86. The smallest absolute Gasteiger partial charge is 0.0493 e. The van der Waals surface area contributed by atoms with Crippen LogP contribution in [-0.4, -0.2) is 36.5 Å². The normalized spacial score (nSPS) is 19.1. The molecule has 0 amide bonds. The number of aliphatic hydroxyl groups is 2. The van der Waals surface area contributed by atoms with Crippen LogP contribution in [0.5, 0.6) is 0 Å². The maximum atomic E-state index is 8.86. The Morgan fingerprint density at radius 2 is 1.71 bits per heavy atom. The molecule has 0 heterocycles. The minimum Gasteiger partial charge on any atom is -0.396 e. The van der Waals surface area contributed by atoms with Crippen molar-refractivity contribution < 1.29 is 10.2 Å². The fraction of sp³-hybridized carbons (Fsp3) is 1.00. The van der Waals surface area contributed by atoms with Gasteiger partial charge in [0.25, 0.3) is 0 Å². The summed E-state index contributed by atoms with van der Waals surface area (Å²) in [5, 5.41) is 21.1. The van der Waals surface area contributed by atoms with E-state index in [-0.39, 0.29) is 19.1 Å². The van der Waals surface area contributed by atoms with Crippen LogP contribution in [0.3, 0.4) is 0 Å². The largest absolute Gasteiger partial charge is 0.396 e. The first-order valence-corrected chi connectivity index (χ1v) is 5.79. The average molecular weight is 201 g/mol. The average Bonchev–Trinajstić information content (AvgIpc) is 2.26. The monoisotopic (exact) mass is 201 g/mol. The van der Waals surface area contributed by atoms with Gasteiger partial charge in [0, 0.05) is 25.7 Å². The van der Waals surface area contributed by atoms with Gasteiger partial charge in [-0.15, -0.1) is 0 Å². The molecule has 84 valence electrons. The van der Waals surface area contributed by atoms with Gasteiger partial charge in [0.1, 0.15) is 0 Å². The number of aliphatic hydroxyl groups excluding tert-OH is 2. The molecule has 0 spiro atoms. The fourth-order valence-corrected chi connectivity index (χ4v) is 2.07. The molecule has 3 nitrogen and oxygen atoms in total. The number of hydrogen-bond donors (Lipinski definition) is 3. The molecule has 14 heavy (non-hydrogen) atoms. The summed E-state index contributed by atoms with van der Waals surface area (Å²) in [5.41, 5.74) is 0. The standard InChI is InChI=1S/C11H23NO2/c13-8-11(9-14)7-12-6-10-4-2-1-3-5-10/h10-14H,1-9H2. The van der Waals surface area contributed by atoms with Crippen molar-refractivity contribution in [3.05, 3.63) is 0 Å². The van der Waals surface area contributed by atoms with Crippen LogP contribution in [0.1, 0.15) is 32.1 Å². The Bertz CT molecular complexity index is 131. The Morgan fingerprint density at radius 3 is 2.29 bits per heavy atom. The Labute approximate surface area is 86.5 Å². The summed E-state index contributed by atoms with van der Waals surface area (Å²) >= 11 is 0. The van der Waals surface area contributed by atoms with E-state index in [1.54, 1.807) is 0 Å². The summed E-state index contributed by atoms with van der Waals surface area (Å²) in [6.45, 7) is 1.95. The van der Waals surface area contributed by atoms with Crippen molar-refractivity contribution in [1.82, 2.24) is 5.32 Å². The van der Waals surface area contributed by atoms with E-state index in [4.69, 9.17) is 10.2 Å².